The Morgan fingerprint density at radius 3 is 2.69 bits per heavy atom. The molecule has 7 heteroatoms. The largest absolute Gasteiger partial charge is 0.315 e. The summed E-state index contributed by atoms with van der Waals surface area (Å²) in [5.41, 5.74) is 6.77. The van der Waals surface area contributed by atoms with Gasteiger partial charge in [-0.15, -0.1) is 11.8 Å². The molecule has 0 bridgehead atoms. The number of aryl methyl sites for hydroxylation is 1. The van der Waals surface area contributed by atoms with Crippen LogP contribution in [-0.4, -0.2) is 22.4 Å². The monoisotopic (exact) mass is 473 g/mol. The fourth-order valence-electron chi connectivity index (χ4n) is 3.00. The summed E-state index contributed by atoms with van der Waals surface area (Å²) in [4.78, 5) is 12.0. The molecule has 0 saturated heterocycles. The number of thioether (sulfide) groups is 1. The van der Waals surface area contributed by atoms with Crippen molar-refractivity contribution in [3.8, 4) is 5.69 Å². The minimum Gasteiger partial charge on any atom is -0.315 e. The van der Waals surface area contributed by atoms with Crippen LogP contribution >= 0.6 is 27.7 Å². The SMILES string of the molecule is Cc1cc(/C=N\NC(=O)CSCc2ccccc2Br)c(C)n1-c1ccccc1F. The number of carbonyl (C=O) groups is 1. The molecule has 3 rings (SSSR count). The molecule has 0 aliphatic carbocycles. The molecule has 4 nitrogen and oxygen atoms in total. The lowest BCUT2D eigenvalue weighted by Crippen LogP contribution is -2.19. The Balaban J connectivity index is 1.58. The predicted molar refractivity (Wildman–Crippen MR) is 121 cm³/mol. The fraction of sp³-hybridized carbons (Fsp3) is 0.182. The van der Waals surface area contributed by atoms with E-state index >= 15 is 0 Å². The minimum atomic E-state index is -0.284. The van der Waals surface area contributed by atoms with Crippen molar-refractivity contribution in [2.75, 3.05) is 5.75 Å². The minimum absolute atomic E-state index is 0.166. The number of hydrogen-bond acceptors (Lipinski definition) is 3. The predicted octanol–water partition coefficient (Wildman–Crippen LogP) is 5.38. The first-order valence-electron chi connectivity index (χ1n) is 9.04. The molecule has 0 saturated carbocycles. The Hall–Kier alpha value is -2.38. The first-order chi connectivity index (χ1) is 14.0. The number of amides is 1. The van der Waals surface area contributed by atoms with Gasteiger partial charge in [0.15, 0.2) is 0 Å². The first kappa shape index (κ1) is 21.3. The smallest absolute Gasteiger partial charge is 0.250 e. The van der Waals surface area contributed by atoms with Gasteiger partial charge in [-0.3, -0.25) is 4.79 Å². The number of nitrogens with zero attached hydrogens (tertiary/aromatic N) is 2. The Bertz CT molecular complexity index is 1050. The van der Waals surface area contributed by atoms with E-state index in [2.05, 4.69) is 26.5 Å². The maximum atomic E-state index is 14.2. The van der Waals surface area contributed by atoms with Crippen LogP contribution in [0.15, 0.2) is 64.2 Å². The van der Waals surface area contributed by atoms with Gasteiger partial charge in [0.05, 0.1) is 17.7 Å². The van der Waals surface area contributed by atoms with E-state index in [0.29, 0.717) is 11.4 Å². The van der Waals surface area contributed by atoms with Crippen molar-refractivity contribution in [2.24, 2.45) is 5.10 Å². The first-order valence-corrected chi connectivity index (χ1v) is 11.0. The number of halogens is 2. The number of nitrogens with one attached hydrogen (secondary N) is 1. The van der Waals surface area contributed by atoms with Crippen molar-refractivity contribution in [1.82, 2.24) is 9.99 Å². The van der Waals surface area contributed by atoms with Gasteiger partial charge in [0.1, 0.15) is 5.82 Å². The molecule has 0 aliphatic heterocycles. The lowest BCUT2D eigenvalue weighted by molar-refractivity contribution is -0.118. The maximum Gasteiger partial charge on any atom is 0.250 e. The molecule has 0 atom stereocenters. The van der Waals surface area contributed by atoms with Gasteiger partial charge < -0.3 is 4.57 Å². The number of aromatic nitrogens is 1. The van der Waals surface area contributed by atoms with Gasteiger partial charge in [-0.25, -0.2) is 9.82 Å². The van der Waals surface area contributed by atoms with E-state index in [1.165, 1.54) is 17.8 Å². The van der Waals surface area contributed by atoms with Gasteiger partial charge in [0, 0.05) is 27.2 Å². The van der Waals surface area contributed by atoms with Crippen LogP contribution in [0.5, 0.6) is 0 Å². The highest BCUT2D eigenvalue weighted by molar-refractivity contribution is 9.10. The molecule has 1 aromatic heterocycles. The van der Waals surface area contributed by atoms with E-state index in [1.54, 1.807) is 24.4 Å². The third-order valence-corrected chi connectivity index (χ3v) is 6.16. The highest BCUT2D eigenvalue weighted by Gasteiger charge is 2.12. The summed E-state index contributed by atoms with van der Waals surface area (Å²) in [5, 5.41) is 4.06. The average molecular weight is 474 g/mol. The molecule has 1 heterocycles. The van der Waals surface area contributed by atoms with E-state index in [-0.39, 0.29) is 11.7 Å². The number of benzene rings is 2. The Labute approximate surface area is 182 Å². The summed E-state index contributed by atoms with van der Waals surface area (Å²) in [6.07, 6.45) is 1.59. The molecular weight excluding hydrogens is 453 g/mol. The van der Waals surface area contributed by atoms with Gasteiger partial charge in [0.2, 0.25) is 5.91 Å². The number of hydrazone groups is 1. The van der Waals surface area contributed by atoms with Crippen LogP contribution in [0.25, 0.3) is 5.69 Å². The molecule has 0 fully saturated rings. The lowest BCUT2D eigenvalue weighted by atomic mass is 10.2. The Kier molecular flexibility index (Phi) is 7.28. The third-order valence-electron chi connectivity index (χ3n) is 4.41. The van der Waals surface area contributed by atoms with E-state index in [4.69, 9.17) is 0 Å². The summed E-state index contributed by atoms with van der Waals surface area (Å²) >= 11 is 5.03. The molecule has 1 N–H and O–H groups in total. The van der Waals surface area contributed by atoms with Crippen molar-refractivity contribution in [3.63, 3.8) is 0 Å². The maximum absolute atomic E-state index is 14.2. The number of rotatable bonds is 7. The molecule has 3 aromatic rings. The molecule has 150 valence electrons. The Morgan fingerprint density at radius 1 is 1.21 bits per heavy atom. The molecule has 0 aliphatic rings. The molecule has 0 radical (unpaired) electrons. The van der Waals surface area contributed by atoms with Crippen LogP contribution < -0.4 is 5.43 Å². The van der Waals surface area contributed by atoms with Crippen LogP contribution in [0.3, 0.4) is 0 Å². The van der Waals surface area contributed by atoms with Crippen molar-refractivity contribution >= 4 is 39.8 Å². The fourth-order valence-corrected chi connectivity index (χ4v) is 4.43. The number of hydrogen-bond donors (Lipinski definition) is 1. The zero-order chi connectivity index (χ0) is 20.8. The second-order valence-corrected chi connectivity index (χ2v) is 8.33. The summed E-state index contributed by atoms with van der Waals surface area (Å²) in [6, 6.07) is 16.5. The van der Waals surface area contributed by atoms with E-state index < -0.39 is 0 Å². The van der Waals surface area contributed by atoms with Gasteiger partial charge >= 0.3 is 0 Å². The molecule has 0 spiro atoms. The van der Waals surface area contributed by atoms with Gasteiger partial charge in [-0.1, -0.05) is 46.3 Å². The second-order valence-electron chi connectivity index (χ2n) is 6.49. The standard InChI is InChI=1S/C22H21BrFN3OS/c1-15-11-18(16(2)27(15)21-10-6-5-9-20(21)24)12-25-26-22(28)14-29-13-17-7-3-4-8-19(17)23/h3-12H,13-14H2,1-2H3,(H,26,28)/b25-12-. The normalized spacial score (nSPS) is 11.2. The van der Waals surface area contributed by atoms with Crippen molar-refractivity contribution < 1.29 is 9.18 Å². The van der Waals surface area contributed by atoms with E-state index in [0.717, 1.165) is 32.7 Å². The van der Waals surface area contributed by atoms with Crippen molar-refractivity contribution in [3.05, 3.63) is 87.4 Å². The molecule has 0 unspecified atom stereocenters. The third kappa shape index (κ3) is 5.36. The molecule has 2 aromatic carbocycles. The zero-order valence-corrected chi connectivity index (χ0v) is 18.6. The van der Waals surface area contributed by atoms with Gasteiger partial charge in [-0.2, -0.15) is 5.10 Å². The van der Waals surface area contributed by atoms with Gasteiger partial charge in [-0.05, 0) is 43.7 Å². The highest BCUT2D eigenvalue weighted by Crippen LogP contribution is 2.22. The van der Waals surface area contributed by atoms with Crippen LogP contribution in [0, 0.1) is 19.7 Å². The number of para-hydroxylation sites is 1. The number of carbonyl (C=O) groups excluding carboxylic acids is 1. The summed E-state index contributed by atoms with van der Waals surface area (Å²) in [5.74, 6) is 0.601. The van der Waals surface area contributed by atoms with Crippen LogP contribution in [0.1, 0.15) is 22.5 Å². The molecule has 1 amide bonds. The zero-order valence-electron chi connectivity index (χ0n) is 16.2. The van der Waals surface area contributed by atoms with Gasteiger partial charge in [0.25, 0.3) is 0 Å². The Morgan fingerprint density at radius 2 is 1.93 bits per heavy atom. The summed E-state index contributed by atoms with van der Waals surface area (Å²) < 4.78 is 17.0. The molecule has 29 heavy (non-hydrogen) atoms. The van der Waals surface area contributed by atoms with Crippen LogP contribution in [0.4, 0.5) is 4.39 Å². The summed E-state index contributed by atoms with van der Waals surface area (Å²) in [7, 11) is 0. The highest BCUT2D eigenvalue weighted by atomic mass is 79.9. The van der Waals surface area contributed by atoms with Crippen molar-refractivity contribution in [1.29, 1.82) is 0 Å². The summed E-state index contributed by atoms with van der Waals surface area (Å²) in [6.45, 7) is 3.81. The van der Waals surface area contributed by atoms with E-state index in [1.807, 2.05) is 48.7 Å². The van der Waals surface area contributed by atoms with E-state index in [9.17, 15) is 9.18 Å². The lowest BCUT2D eigenvalue weighted by Gasteiger charge is -2.10. The second kappa shape index (κ2) is 9.89. The topological polar surface area (TPSA) is 46.4 Å². The molecular formula is C22H21BrFN3OS. The quantitative estimate of drug-likeness (QED) is 0.369. The average Bonchev–Trinajstić information content (AvgIpc) is 2.97. The van der Waals surface area contributed by atoms with Crippen LogP contribution in [-0.2, 0) is 10.5 Å². The van der Waals surface area contributed by atoms with Crippen LogP contribution in [0.2, 0.25) is 0 Å². The van der Waals surface area contributed by atoms with Crippen molar-refractivity contribution in [2.45, 2.75) is 19.6 Å².